The molecule has 3 rings (SSSR count). The summed E-state index contributed by atoms with van der Waals surface area (Å²) in [7, 11) is 0. The van der Waals surface area contributed by atoms with Gasteiger partial charge in [0.05, 0.1) is 5.54 Å². The van der Waals surface area contributed by atoms with Crippen LogP contribution in [0.1, 0.15) is 42.7 Å². The molecule has 1 unspecified atom stereocenters. The summed E-state index contributed by atoms with van der Waals surface area (Å²) in [6.45, 7) is 0.731. The third-order valence-corrected chi connectivity index (χ3v) is 4.42. The molecule has 0 aromatic heterocycles. The van der Waals surface area contributed by atoms with Crippen molar-refractivity contribution < 1.29 is 4.79 Å². The smallest absolute Gasteiger partial charge is 0.240 e. The van der Waals surface area contributed by atoms with Gasteiger partial charge in [-0.2, -0.15) is 0 Å². The average molecular weight is 244 g/mol. The van der Waals surface area contributed by atoms with E-state index in [4.69, 9.17) is 5.73 Å². The van der Waals surface area contributed by atoms with Gasteiger partial charge in [-0.1, -0.05) is 37.1 Å². The molecule has 0 bridgehead atoms. The maximum absolute atomic E-state index is 12.1. The van der Waals surface area contributed by atoms with E-state index in [1.54, 1.807) is 0 Å². The van der Waals surface area contributed by atoms with Crippen LogP contribution in [0, 0.1) is 0 Å². The first kappa shape index (κ1) is 11.7. The Morgan fingerprint density at radius 3 is 2.78 bits per heavy atom. The summed E-state index contributed by atoms with van der Waals surface area (Å²) < 4.78 is 0. The van der Waals surface area contributed by atoms with Gasteiger partial charge >= 0.3 is 0 Å². The Morgan fingerprint density at radius 1 is 1.33 bits per heavy atom. The molecule has 0 spiro atoms. The van der Waals surface area contributed by atoms with Crippen LogP contribution in [0.5, 0.6) is 0 Å². The lowest BCUT2D eigenvalue weighted by molar-refractivity contribution is -0.126. The molecule has 1 saturated carbocycles. The molecule has 0 aliphatic heterocycles. The number of carbonyl (C=O) groups is 1. The first-order chi connectivity index (χ1) is 8.69. The number of nitrogens with one attached hydrogen (secondary N) is 1. The Bertz CT molecular complexity index is 463. The molecular weight excluding hydrogens is 224 g/mol. The highest BCUT2D eigenvalue weighted by Crippen LogP contribution is 2.34. The summed E-state index contributed by atoms with van der Waals surface area (Å²) in [5, 5.41) is 3.04. The topological polar surface area (TPSA) is 55.1 Å². The van der Waals surface area contributed by atoms with Gasteiger partial charge in [0.2, 0.25) is 5.91 Å². The first-order valence-electron chi connectivity index (χ1n) is 6.84. The minimum atomic E-state index is -0.594. The average Bonchev–Trinajstić information content (AvgIpc) is 2.78. The highest BCUT2D eigenvalue weighted by atomic mass is 16.2. The standard InChI is InChI=1S/C15H20N2O/c16-15(7-3-4-8-15)14(18)17-10-12-9-11-5-1-2-6-13(11)12/h1-2,5-6,12H,3-4,7-10,16H2,(H,17,18). The van der Waals surface area contributed by atoms with Crippen molar-refractivity contribution in [1.29, 1.82) is 0 Å². The maximum atomic E-state index is 12.1. The van der Waals surface area contributed by atoms with Crippen LogP contribution in [0.25, 0.3) is 0 Å². The molecule has 1 aromatic rings. The van der Waals surface area contributed by atoms with Crippen LogP contribution in [0.3, 0.4) is 0 Å². The Labute approximate surface area is 108 Å². The summed E-state index contributed by atoms with van der Waals surface area (Å²) in [4.78, 5) is 12.1. The molecule has 2 aliphatic carbocycles. The number of carbonyl (C=O) groups excluding carboxylic acids is 1. The third-order valence-electron chi connectivity index (χ3n) is 4.42. The SMILES string of the molecule is NC1(C(=O)NCC2Cc3ccccc32)CCCC1. The van der Waals surface area contributed by atoms with Gasteiger partial charge in [-0.15, -0.1) is 0 Å². The summed E-state index contributed by atoms with van der Waals surface area (Å²) in [6, 6.07) is 8.45. The molecule has 0 heterocycles. The molecule has 3 heteroatoms. The monoisotopic (exact) mass is 244 g/mol. The fourth-order valence-electron chi connectivity index (χ4n) is 3.17. The van der Waals surface area contributed by atoms with Crippen molar-refractivity contribution in [2.45, 2.75) is 43.6 Å². The zero-order valence-electron chi connectivity index (χ0n) is 10.6. The molecule has 0 saturated heterocycles. The van der Waals surface area contributed by atoms with E-state index in [1.165, 1.54) is 11.1 Å². The first-order valence-corrected chi connectivity index (χ1v) is 6.84. The van der Waals surface area contributed by atoms with Crippen LogP contribution >= 0.6 is 0 Å². The van der Waals surface area contributed by atoms with Gasteiger partial charge in [0.1, 0.15) is 0 Å². The largest absolute Gasteiger partial charge is 0.354 e. The van der Waals surface area contributed by atoms with E-state index in [9.17, 15) is 4.79 Å². The number of rotatable bonds is 3. The lowest BCUT2D eigenvalue weighted by Crippen LogP contribution is -2.53. The Morgan fingerprint density at radius 2 is 2.06 bits per heavy atom. The predicted octanol–water partition coefficient (Wildman–Crippen LogP) is 1.71. The van der Waals surface area contributed by atoms with Crippen LogP contribution in [0.15, 0.2) is 24.3 Å². The van der Waals surface area contributed by atoms with Crippen molar-refractivity contribution in [3.8, 4) is 0 Å². The Balaban J connectivity index is 1.56. The molecule has 0 radical (unpaired) electrons. The van der Waals surface area contributed by atoms with Crippen molar-refractivity contribution in [3.05, 3.63) is 35.4 Å². The number of nitrogens with two attached hydrogens (primary N) is 1. The highest BCUT2D eigenvalue weighted by Gasteiger charge is 2.37. The number of amides is 1. The Hall–Kier alpha value is -1.35. The van der Waals surface area contributed by atoms with E-state index in [0.29, 0.717) is 5.92 Å². The second-order valence-electron chi connectivity index (χ2n) is 5.67. The Kier molecular flexibility index (Phi) is 2.86. The second-order valence-corrected chi connectivity index (χ2v) is 5.67. The van der Waals surface area contributed by atoms with Crippen molar-refractivity contribution in [3.63, 3.8) is 0 Å². The third kappa shape index (κ3) is 1.93. The summed E-state index contributed by atoms with van der Waals surface area (Å²) in [5.74, 6) is 0.527. The molecule has 96 valence electrons. The van der Waals surface area contributed by atoms with E-state index in [0.717, 1.165) is 38.6 Å². The summed E-state index contributed by atoms with van der Waals surface area (Å²) in [6.07, 6.45) is 4.90. The molecule has 1 amide bonds. The molecule has 3 nitrogen and oxygen atoms in total. The minimum Gasteiger partial charge on any atom is -0.354 e. The van der Waals surface area contributed by atoms with Gasteiger partial charge in [0.25, 0.3) is 0 Å². The predicted molar refractivity (Wildman–Crippen MR) is 71.3 cm³/mol. The molecule has 2 aliphatic rings. The van der Waals surface area contributed by atoms with E-state index in [2.05, 4.69) is 29.6 Å². The van der Waals surface area contributed by atoms with Crippen LogP contribution in [-0.2, 0) is 11.2 Å². The molecule has 1 aromatic carbocycles. The fourth-order valence-corrected chi connectivity index (χ4v) is 3.17. The lowest BCUT2D eigenvalue weighted by Gasteiger charge is -2.31. The molecular formula is C15H20N2O. The van der Waals surface area contributed by atoms with Crippen LogP contribution in [0.2, 0.25) is 0 Å². The van der Waals surface area contributed by atoms with Gasteiger partial charge in [-0.3, -0.25) is 4.79 Å². The summed E-state index contributed by atoms with van der Waals surface area (Å²) >= 11 is 0. The number of benzene rings is 1. The van der Waals surface area contributed by atoms with Gasteiger partial charge in [0, 0.05) is 12.5 Å². The van der Waals surface area contributed by atoms with Crippen LogP contribution < -0.4 is 11.1 Å². The van der Waals surface area contributed by atoms with E-state index in [-0.39, 0.29) is 5.91 Å². The van der Waals surface area contributed by atoms with Crippen molar-refractivity contribution in [1.82, 2.24) is 5.32 Å². The highest BCUT2D eigenvalue weighted by molar-refractivity contribution is 5.86. The van der Waals surface area contributed by atoms with Crippen LogP contribution in [0.4, 0.5) is 0 Å². The van der Waals surface area contributed by atoms with Crippen LogP contribution in [-0.4, -0.2) is 18.0 Å². The zero-order chi connectivity index (χ0) is 12.6. The molecule has 1 atom stereocenters. The molecule has 18 heavy (non-hydrogen) atoms. The zero-order valence-corrected chi connectivity index (χ0v) is 10.6. The van der Waals surface area contributed by atoms with E-state index in [1.807, 2.05) is 0 Å². The van der Waals surface area contributed by atoms with Gasteiger partial charge in [0.15, 0.2) is 0 Å². The van der Waals surface area contributed by atoms with Gasteiger partial charge in [-0.25, -0.2) is 0 Å². The summed E-state index contributed by atoms with van der Waals surface area (Å²) in [5.41, 5.74) is 8.34. The van der Waals surface area contributed by atoms with E-state index >= 15 is 0 Å². The van der Waals surface area contributed by atoms with Crippen molar-refractivity contribution in [2.24, 2.45) is 5.73 Å². The fraction of sp³-hybridized carbons (Fsp3) is 0.533. The van der Waals surface area contributed by atoms with Gasteiger partial charge in [-0.05, 0) is 30.4 Å². The van der Waals surface area contributed by atoms with E-state index < -0.39 is 5.54 Å². The maximum Gasteiger partial charge on any atom is 0.240 e. The normalized spacial score (nSPS) is 24.2. The molecule has 3 N–H and O–H groups in total. The van der Waals surface area contributed by atoms with Gasteiger partial charge < -0.3 is 11.1 Å². The van der Waals surface area contributed by atoms with Crippen molar-refractivity contribution in [2.75, 3.05) is 6.54 Å². The number of fused-ring (bicyclic) bond motifs is 1. The second kappa shape index (κ2) is 4.39. The number of hydrogen-bond donors (Lipinski definition) is 2. The quantitative estimate of drug-likeness (QED) is 0.850. The minimum absolute atomic E-state index is 0.0457. The molecule has 1 fully saturated rings. The number of hydrogen-bond acceptors (Lipinski definition) is 2. The lowest BCUT2D eigenvalue weighted by atomic mass is 9.77. The van der Waals surface area contributed by atoms with Crippen molar-refractivity contribution >= 4 is 5.91 Å².